The van der Waals surface area contributed by atoms with Gasteiger partial charge < -0.3 is 0 Å². The molecular weight excluding hydrogens is 104 g/mol. The summed E-state index contributed by atoms with van der Waals surface area (Å²) in [6.07, 6.45) is 0. The summed E-state index contributed by atoms with van der Waals surface area (Å²) < 4.78 is 0. The molecule has 0 aromatic carbocycles. The van der Waals surface area contributed by atoms with Crippen molar-refractivity contribution in [3.05, 3.63) is 0 Å². The van der Waals surface area contributed by atoms with Gasteiger partial charge in [0.25, 0.3) is 0 Å². The lowest BCUT2D eigenvalue weighted by molar-refractivity contribution is 0.0478. The molecule has 0 saturated carbocycles. The summed E-state index contributed by atoms with van der Waals surface area (Å²) in [7, 11) is 0. The average Bonchev–Trinajstić information content (AvgIpc) is 1.69. The van der Waals surface area contributed by atoms with Crippen LogP contribution in [0.25, 0.3) is 0 Å². The first-order chi connectivity index (χ1) is 3.72. The summed E-state index contributed by atoms with van der Waals surface area (Å²) in [5.41, 5.74) is 0. The van der Waals surface area contributed by atoms with E-state index >= 15 is 0 Å². The smallest absolute Gasteiger partial charge is 0.0876 e. The topological polar surface area (TPSA) is 39.8 Å². The minimum atomic E-state index is -0.221. The first kappa shape index (κ1) is 7.92. The van der Waals surface area contributed by atoms with Gasteiger partial charge in [0.15, 0.2) is 0 Å². The molecule has 0 aliphatic carbocycles. The van der Waals surface area contributed by atoms with Crippen molar-refractivity contribution in [3.8, 4) is 0 Å². The van der Waals surface area contributed by atoms with Gasteiger partial charge in [0.2, 0.25) is 0 Å². The first-order valence-electron chi connectivity index (χ1n) is 2.88. The second-order valence-corrected chi connectivity index (χ2v) is 2.34. The minimum absolute atomic E-state index is 0.157. The Balaban J connectivity index is 3.35. The van der Waals surface area contributed by atoms with Gasteiger partial charge in [-0.1, -0.05) is 13.8 Å². The van der Waals surface area contributed by atoms with E-state index in [0.717, 1.165) is 0 Å². The molecule has 0 aliphatic rings. The van der Waals surface area contributed by atoms with Gasteiger partial charge in [0, 0.05) is 5.92 Å². The van der Waals surface area contributed by atoms with E-state index in [1.54, 1.807) is 0 Å². The molecule has 0 aliphatic heterocycles. The fourth-order valence-corrected chi connectivity index (χ4v) is 0.433. The lowest BCUT2D eigenvalue weighted by Crippen LogP contribution is -2.15. The first-order valence-corrected chi connectivity index (χ1v) is 2.88. The van der Waals surface area contributed by atoms with Crippen LogP contribution >= 0.6 is 0 Å². The van der Waals surface area contributed by atoms with Crippen LogP contribution in [0.4, 0.5) is 0 Å². The Morgan fingerprint density at radius 1 is 1.12 bits per heavy atom. The highest BCUT2D eigenvalue weighted by molar-refractivity contribution is 4.57. The Labute approximate surface area is 50.2 Å². The van der Waals surface area contributed by atoms with E-state index in [1.807, 2.05) is 13.8 Å². The lowest BCUT2D eigenvalue weighted by atomic mass is 9.98. The van der Waals surface area contributed by atoms with E-state index in [4.69, 9.17) is 0 Å². The number of rotatable bonds is 3. The van der Waals surface area contributed by atoms with Crippen LogP contribution < -0.4 is 0 Å². The molecule has 0 fully saturated rings. The van der Waals surface area contributed by atoms with Crippen LogP contribution in [0.3, 0.4) is 0 Å². The van der Waals surface area contributed by atoms with Crippen LogP contribution in [0.1, 0.15) is 13.8 Å². The highest BCUT2D eigenvalue weighted by Crippen LogP contribution is 2.07. The van der Waals surface area contributed by atoms with Crippen molar-refractivity contribution in [2.45, 2.75) is 13.8 Å². The lowest BCUT2D eigenvalue weighted by Gasteiger charge is -2.11. The van der Waals surface area contributed by atoms with Gasteiger partial charge in [0.1, 0.15) is 0 Å². The molecular formula is C6H12O2. The maximum atomic E-state index is 10.1. The molecule has 0 atom stereocenters. The average molecular weight is 116 g/mol. The van der Waals surface area contributed by atoms with Gasteiger partial charge in [0.05, 0.1) is 13.2 Å². The van der Waals surface area contributed by atoms with Gasteiger partial charge in [-0.2, -0.15) is 0 Å². The molecule has 0 aromatic heterocycles. The SMILES string of the molecule is CC(C)C(C[O])C[O]. The zero-order valence-electron chi connectivity index (χ0n) is 5.39. The van der Waals surface area contributed by atoms with Crippen LogP contribution in [0.15, 0.2) is 0 Å². The predicted octanol–water partition coefficient (Wildman–Crippen LogP) is 1.12. The van der Waals surface area contributed by atoms with Crippen molar-refractivity contribution in [1.29, 1.82) is 0 Å². The summed E-state index contributed by atoms with van der Waals surface area (Å²) in [6.45, 7) is 3.36. The third kappa shape index (κ3) is 2.28. The number of hydrogen-bond donors (Lipinski definition) is 0. The van der Waals surface area contributed by atoms with Gasteiger partial charge in [-0.25, -0.2) is 10.2 Å². The van der Waals surface area contributed by atoms with E-state index in [-0.39, 0.29) is 25.0 Å². The van der Waals surface area contributed by atoms with Crippen LogP contribution in [-0.4, -0.2) is 13.2 Å². The van der Waals surface area contributed by atoms with Crippen molar-refractivity contribution < 1.29 is 10.2 Å². The fourth-order valence-electron chi connectivity index (χ4n) is 0.433. The maximum absolute atomic E-state index is 10.1. The van der Waals surface area contributed by atoms with Crippen molar-refractivity contribution in [2.24, 2.45) is 11.8 Å². The van der Waals surface area contributed by atoms with Crippen LogP contribution in [0, 0.1) is 11.8 Å². The predicted molar refractivity (Wildman–Crippen MR) is 29.4 cm³/mol. The molecule has 8 heavy (non-hydrogen) atoms. The van der Waals surface area contributed by atoms with Gasteiger partial charge in [-0.15, -0.1) is 0 Å². The largest absolute Gasteiger partial charge is 0.236 e. The Bertz CT molecular complexity index is 48.5. The van der Waals surface area contributed by atoms with Gasteiger partial charge in [-0.3, -0.25) is 0 Å². The van der Waals surface area contributed by atoms with E-state index in [1.165, 1.54) is 0 Å². The number of hydrogen-bond acceptors (Lipinski definition) is 0. The Hall–Kier alpha value is -0.0800. The van der Waals surface area contributed by atoms with Crippen molar-refractivity contribution >= 4 is 0 Å². The second kappa shape index (κ2) is 3.87. The minimum Gasteiger partial charge on any atom is -0.236 e. The summed E-state index contributed by atoms with van der Waals surface area (Å²) >= 11 is 0. The molecule has 0 bridgehead atoms. The maximum Gasteiger partial charge on any atom is 0.0876 e. The molecule has 0 unspecified atom stereocenters. The highest BCUT2D eigenvalue weighted by Gasteiger charge is 2.10. The van der Waals surface area contributed by atoms with Crippen molar-refractivity contribution in [2.75, 3.05) is 13.2 Å². The molecule has 2 radical (unpaired) electrons. The third-order valence-corrected chi connectivity index (χ3v) is 1.37. The Morgan fingerprint density at radius 2 is 1.50 bits per heavy atom. The quantitative estimate of drug-likeness (QED) is 0.530. The van der Waals surface area contributed by atoms with E-state index in [9.17, 15) is 10.2 Å². The summed E-state index contributed by atoms with van der Waals surface area (Å²) in [6, 6.07) is 0. The molecule has 0 saturated heterocycles. The molecule has 0 amide bonds. The second-order valence-electron chi connectivity index (χ2n) is 2.34. The molecule has 2 nitrogen and oxygen atoms in total. The van der Waals surface area contributed by atoms with Crippen LogP contribution in [-0.2, 0) is 10.2 Å². The molecule has 2 heteroatoms. The highest BCUT2D eigenvalue weighted by atomic mass is 16.3. The monoisotopic (exact) mass is 116 g/mol. The molecule has 0 spiro atoms. The standard InChI is InChI=1S/C6H12O2/c1-5(2)6(3-7)4-8/h5-6H,3-4H2,1-2H3. The molecule has 0 rings (SSSR count). The fraction of sp³-hybridized carbons (Fsp3) is 1.00. The van der Waals surface area contributed by atoms with E-state index in [2.05, 4.69) is 0 Å². The van der Waals surface area contributed by atoms with Crippen molar-refractivity contribution in [1.82, 2.24) is 0 Å². The van der Waals surface area contributed by atoms with Crippen LogP contribution in [0.2, 0.25) is 0 Å². The summed E-state index contributed by atoms with van der Waals surface area (Å²) in [5.74, 6) is 0.0972. The third-order valence-electron chi connectivity index (χ3n) is 1.37. The van der Waals surface area contributed by atoms with Crippen LogP contribution in [0.5, 0.6) is 0 Å². The molecule has 48 valence electrons. The molecule has 0 N–H and O–H groups in total. The Kier molecular flexibility index (Phi) is 3.83. The van der Waals surface area contributed by atoms with E-state index < -0.39 is 0 Å². The zero-order chi connectivity index (χ0) is 6.57. The Morgan fingerprint density at radius 3 is 1.50 bits per heavy atom. The van der Waals surface area contributed by atoms with Gasteiger partial charge >= 0.3 is 0 Å². The van der Waals surface area contributed by atoms with Gasteiger partial charge in [-0.05, 0) is 5.92 Å². The van der Waals surface area contributed by atoms with Crippen molar-refractivity contribution in [3.63, 3.8) is 0 Å². The normalized spacial score (nSPS) is 11.2. The van der Waals surface area contributed by atoms with E-state index in [0.29, 0.717) is 0 Å². The molecule has 0 aromatic rings. The zero-order valence-corrected chi connectivity index (χ0v) is 5.39. The summed E-state index contributed by atoms with van der Waals surface area (Å²) in [5, 5.41) is 20.2. The molecule has 0 heterocycles. The summed E-state index contributed by atoms with van der Waals surface area (Å²) in [4.78, 5) is 0.